The average Bonchev–Trinajstić information content (AvgIpc) is 2.87. The number of nitrogens with zero attached hydrogens (tertiary/aromatic N) is 4. The number of nitrogens with two attached hydrogens (primary N) is 1. The first kappa shape index (κ1) is 27.8. The van der Waals surface area contributed by atoms with Crippen LogP contribution in [-0.2, 0) is 10.2 Å². The molecule has 2 heterocycles. The number of aliphatic hydroxyl groups is 1. The molecule has 1 amide bonds. The lowest BCUT2D eigenvalue weighted by Crippen LogP contribution is -2.48. The van der Waals surface area contributed by atoms with Crippen LogP contribution in [0.25, 0.3) is 0 Å². The van der Waals surface area contributed by atoms with Gasteiger partial charge in [-0.3, -0.25) is 9.69 Å². The van der Waals surface area contributed by atoms with Gasteiger partial charge in [-0.15, -0.1) is 0 Å². The Balaban J connectivity index is 1.10. The molecule has 1 aliphatic heterocycles. The van der Waals surface area contributed by atoms with Gasteiger partial charge in [0.25, 0.3) is 0 Å². The first-order valence-corrected chi connectivity index (χ1v) is 15.5. The molecule has 1 aromatic rings. The third kappa shape index (κ3) is 6.04. The quantitative estimate of drug-likeness (QED) is 0.533. The predicted molar refractivity (Wildman–Crippen MR) is 152 cm³/mol. The number of primary amides is 1. The van der Waals surface area contributed by atoms with Gasteiger partial charge in [-0.1, -0.05) is 40.0 Å². The van der Waals surface area contributed by atoms with Crippen LogP contribution in [0.5, 0.6) is 0 Å². The van der Waals surface area contributed by atoms with Crippen molar-refractivity contribution in [2.24, 2.45) is 23.0 Å². The topological polar surface area (TPSA) is 95.6 Å². The molecule has 3 aliphatic carbocycles. The smallest absolute Gasteiger partial charge is 0.223 e. The molecule has 0 radical (unpaired) electrons. The number of rotatable bonds is 7. The lowest BCUT2D eigenvalue weighted by atomic mass is 9.59. The van der Waals surface area contributed by atoms with E-state index in [-0.39, 0.29) is 22.8 Å². The van der Waals surface area contributed by atoms with Crippen LogP contribution in [-0.4, -0.2) is 64.7 Å². The molecule has 0 aromatic carbocycles. The zero-order valence-electron chi connectivity index (χ0n) is 24.1. The predicted octanol–water partition coefficient (Wildman–Crippen LogP) is 4.77. The van der Waals surface area contributed by atoms with Gasteiger partial charge in [0.05, 0.1) is 11.5 Å². The van der Waals surface area contributed by atoms with Crippen LogP contribution in [0.1, 0.15) is 115 Å². The normalized spacial score (nSPS) is 31.7. The Morgan fingerprint density at radius 1 is 1.00 bits per heavy atom. The van der Waals surface area contributed by atoms with Crippen molar-refractivity contribution in [3.05, 3.63) is 17.6 Å². The van der Waals surface area contributed by atoms with E-state index in [2.05, 4.69) is 36.6 Å². The Kier molecular flexibility index (Phi) is 8.35. The van der Waals surface area contributed by atoms with E-state index in [0.717, 1.165) is 82.3 Å². The van der Waals surface area contributed by atoms with E-state index in [4.69, 9.17) is 15.7 Å². The van der Waals surface area contributed by atoms with Gasteiger partial charge in [-0.25, -0.2) is 9.97 Å². The first-order chi connectivity index (χ1) is 18.1. The van der Waals surface area contributed by atoms with Crippen LogP contribution in [0.4, 0.5) is 5.82 Å². The lowest BCUT2D eigenvalue weighted by Gasteiger charge is -2.45. The zero-order chi connectivity index (χ0) is 26.9. The fourth-order valence-electron chi connectivity index (χ4n) is 7.41. The molecule has 0 unspecified atom stereocenters. The van der Waals surface area contributed by atoms with Gasteiger partial charge in [-0.05, 0) is 76.2 Å². The summed E-state index contributed by atoms with van der Waals surface area (Å²) in [4.78, 5) is 27.6. The maximum Gasteiger partial charge on any atom is 0.223 e. The number of hydrogen-bond donors (Lipinski definition) is 2. The summed E-state index contributed by atoms with van der Waals surface area (Å²) in [5, 5.41) is 9.96. The fourth-order valence-corrected chi connectivity index (χ4v) is 7.41. The van der Waals surface area contributed by atoms with E-state index in [1.807, 2.05) is 0 Å². The molecule has 38 heavy (non-hydrogen) atoms. The van der Waals surface area contributed by atoms with Gasteiger partial charge in [0, 0.05) is 49.3 Å². The molecule has 3 N–H and O–H groups in total. The number of carbonyl (C=O) groups is 1. The largest absolute Gasteiger partial charge is 0.393 e. The molecule has 7 heteroatoms. The second-order valence-electron chi connectivity index (χ2n) is 13.9. The monoisotopic (exact) mass is 525 g/mol. The highest BCUT2D eigenvalue weighted by molar-refractivity contribution is 5.81. The summed E-state index contributed by atoms with van der Waals surface area (Å²) < 4.78 is 0. The highest BCUT2D eigenvalue weighted by atomic mass is 16.3. The second kappa shape index (κ2) is 11.4. The summed E-state index contributed by atoms with van der Waals surface area (Å²) in [6.45, 7) is 12.1. The van der Waals surface area contributed by atoms with Crippen LogP contribution in [0.15, 0.2) is 6.07 Å². The molecule has 212 valence electrons. The van der Waals surface area contributed by atoms with E-state index in [0.29, 0.717) is 11.8 Å². The SMILES string of the molecule is CC(C)(C)c1nc(C2CCC2)cc(N2CCN(CCC3CCC(C4(C(N)=O)CCC(O)CC4)CC3)CC2)n1. The van der Waals surface area contributed by atoms with Gasteiger partial charge in [0.2, 0.25) is 5.91 Å². The summed E-state index contributed by atoms with van der Waals surface area (Å²) in [6, 6.07) is 2.28. The third-order valence-electron chi connectivity index (χ3n) is 10.4. The lowest BCUT2D eigenvalue weighted by molar-refractivity contribution is -0.136. The van der Waals surface area contributed by atoms with Crippen molar-refractivity contribution in [1.82, 2.24) is 14.9 Å². The Bertz CT molecular complexity index is 948. The minimum Gasteiger partial charge on any atom is -0.393 e. The number of carbonyl (C=O) groups excluding carboxylic acids is 1. The van der Waals surface area contributed by atoms with Crippen molar-refractivity contribution in [3.8, 4) is 0 Å². The Labute approximate surface area is 230 Å². The van der Waals surface area contributed by atoms with E-state index in [1.54, 1.807) is 0 Å². The summed E-state index contributed by atoms with van der Waals surface area (Å²) in [6.07, 6.45) is 12.5. The summed E-state index contributed by atoms with van der Waals surface area (Å²) in [7, 11) is 0. The highest BCUT2D eigenvalue weighted by Crippen LogP contribution is 2.49. The number of piperazine rings is 1. The molecule has 5 rings (SSSR count). The van der Waals surface area contributed by atoms with Crippen LogP contribution in [0.3, 0.4) is 0 Å². The van der Waals surface area contributed by atoms with E-state index >= 15 is 0 Å². The third-order valence-corrected chi connectivity index (χ3v) is 10.4. The Morgan fingerprint density at radius 2 is 1.66 bits per heavy atom. The van der Waals surface area contributed by atoms with Crippen molar-refractivity contribution in [1.29, 1.82) is 0 Å². The van der Waals surface area contributed by atoms with Crippen molar-refractivity contribution in [3.63, 3.8) is 0 Å². The zero-order valence-corrected chi connectivity index (χ0v) is 24.1. The second-order valence-corrected chi connectivity index (χ2v) is 13.9. The maximum absolute atomic E-state index is 12.5. The average molecular weight is 526 g/mol. The molecular weight excluding hydrogens is 474 g/mol. The van der Waals surface area contributed by atoms with Gasteiger partial charge < -0.3 is 15.7 Å². The van der Waals surface area contributed by atoms with Crippen LogP contribution >= 0.6 is 0 Å². The van der Waals surface area contributed by atoms with Gasteiger partial charge in [-0.2, -0.15) is 0 Å². The highest BCUT2D eigenvalue weighted by Gasteiger charge is 2.47. The number of anilines is 1. The van der Waals surface area contributed by atoms with Crippen molar-refractivity contribution in [2.75, 3.05) is 37.6 Å². The summed E-state index contributed by atoms with van der Waals surface area (Å²) in [5.41, 5.74) is 6.80. The number of aromatic nitrogens is 2. The molecule has 1 aromatic heterocycles. The number of hydrogen-bond acceptors (Lipinski definition) is 6. The minimum absolute atomic E-state index is 0.0370. The fraction of sp³-hybridized carbons (Fsp3) is 0.839. The van der Waals surface area contributed by atoms with Gasteiger partial charge in [0.15, 0.2) is 0 Å². The molecule has 3 saturated carbocycles. The van der Waals surface area contributed by atoms with E-state index < -0.39 is 0 Å². The molecule has 1 saturated heterocycles. The van der Waals surface area contributed by atoms with E-state index in [9.17, 15) is 9.90 Å². The molecule has 0 atom stereocenters. The van der Waals surface area contributed by atoms with Gasteiger partial charge in [0.1, 0.15) is 11.6 Å². The van der Waals surface area contributed by atoms with Crippen LogP contribution in [0, 0.1) is 17.3 Å². The maximum atomic E-state index is 12.5. The molecule has 0 bridgehead atoms. The van der Waals surface area contributed by atoms with Crippen molar-refractivity contribution in [2.45, 2.75) is 115 Å². The number of aliphatic hydroxyl groups excluding tert-OH is 1. The Hall–Kier alpha value is -1.73. The van der Waals surface area contributed by atoms with Gasteiger partial charge >= 0.3 is 0 Å². The molecule has 7 nitrogen and oxygen atoms in total. The molecule has 0 spiro atoms. The Morgan fingerprint density at radius 3 is 2.21 bits per heavy atom. The minimum atomic E-state index is -0.368. The molecule has 4 aliphatic rings. The summed E-state index contributed by atoms with van der Waals surface area (Å²) in [5.74, 6) is 3.77. The summed E-state index contributed by atoms with van der Waals surface area (Å²) >= 11 is 0. The first-order valence-electron chi connectivity index (χ1n) is 15.5. The van der Waals surface area contributed by atoms with Crippen LogP contribution < -0.4 is 10.6 Å². The molecular formula is C31H51N5O2. The number of amides is 1. The molecule has 4 fully saturated rings. The van der Waals surface area contributed by atoms with Crippen molar-refractivity contribution < 1.29 is 9.90 Å². The standard InChI is InChI=1S/C31H51N5O2/c1-30(2,3)29-33-26(23-5-4-6-23)21-27(34-29)36-19-17-35(18-20-36)16-13-22-7-9-24(10-8-22)31(28(32)38)14-11-25(37)12-15-31/h21-25,37H,4-20H2,1-3H3,(H2,32,38). The van der Waals surface area contributed by atoms with E-state index in [1.165, 1.54) is 50.8 Å². The van der Waals surface area contributed by atoms with Crippen molar-refractivity contribution >= 4 is 11.7 Å². The van der Waals surface area contributed by atoms with Crippen LogP contribution in [0.2, 0.25) is 0 Å².